The molecule has 2 N–H and O–H groups in total. The SMILES string of the molecule is NC1=NC(CF)(c2cc([N+](=O)[O-])cc(F)c2F)C2CC2O1. The van der Waals surface area contributed by atoms with Crippen LogP contribution >= 0.6 is 0 Å². The number of nitro benzene ring substituents is 1. The normalized spacial score (nSPS) is 30.1. The van der Waals surface area contributed by atoms with E-state index in [1.54, 1.807) is 0 Å². The van der Waals surface area contributed by atoms with Crippen molar-refractivity contribution in [1.29, 1.82) is 0 Å². The second kappa shape index (κ2) is 4.34. The molecule has 0 amide bonds. The molecule has 3 rings (SSSR count). The minimum atomic E-state index is -1.77. The first kappa shape index (κ1) is 13.7. The summed E-state index contributed by atoms with van der Waals surface area (Å²) in [6.45, 7) is -1.16. The number of ether oxygens (including phenoxy) is 1. The summed E-state index contributed by atoms with van der Waals surface area (Å²) in [5.74, 6) is -3.31. The number of hydrogen-bond acceptors (Lipinski definition) is 5. The fraction of sp³-hybridized carbons (Fsp3) is 0.417. The van der Waals surface area contributed by atoms with Crippen molar-refractivity contribution in [3.05, 3.63) is 39.4 Å². The Labute approximate surface area is 116 Å². The molecule has 0 spiro atoms. The molecule has 0 saturated heterocycles. The molecule has 1 aliphatic carbocycles. The van der Waals surface area contributed by atoms with Crippen LogP contribution in [-0.4, -0.2) is 23.7 Å². The van der Waals surface area contributed by atoms with Gasteiger partial charge in [-0.05, 0) is 6.42 Å². The van der Waals surface area contributed by atoms with E-state index in [0.717, 1.165) is 6.07 Å². The Balaban J connectivity index is 2.22. The lowest BCUT2D eigenvalue weighted by Crippen LogP contribution is -2.40. The molecular weight excluding hydrogens is 291 g/mol. The molecule has 1 aromatic rings. The first-order valence-electron chi connectivity index (χ1n) is 6.11. The number of alkyl halides is 1. The molecule has 112 valence electrons. The fourth-order valence-electron chi connectivity index (χ4n) is 2.72. The van der Waals surface area contributed by atoms with E-state index < -0.39 is 52.0 Å². The molecule has 1 aliphatic heterocycles. The highest BCUT2D eigenvalue weighted by Crippen LogP contribution is 2.54. The first-order chi connectivity index (χ1) is 9.89. The van der Waals surface area contributed by atoms with Crippen LogP contribution in [0.4, 0.5) is 18.9 Å². The minimum Gasteiger partial charge on any atom is -0.462 e. The lowest BCUT2D eigenvalue weighted by Gasteiger charge is -2.31. The third-order valence-electron chi connectivity index (χ3n) is 3.82. The highest BCUT2D eigenvalue weighted by molar-refractivity contribution is 5.74. The van der Waals surface area contributed by atoms with Crippen LogP contribution in [0.1, 0.15) is 12.0 Å². The summed E-state index contributed by atoms with van der Waals surface area (Å²) in [4.78, 5) is 13.7. The smallest absolute Gasteiger partial charge is 0.283 e. The zero-order valence-electron chi connectivity index (χ0n) is 10.6. The van der Waals surface area contributed by atoms with Gasteiger partial charge in [-0.2, -0.15) is 0 Å². The summed E-state index contributed by atoms with van der Waals surface area (Å²) in [5.41, 5.74) is 2.49. The fourth-order valence-corrected chi connectivity index (χ4v) is 2.72. The van der Waals surface area contributed by atoms with Crippen molar-refractivity contribution < 1.29 is 22.8 Å². The van der Waals surface area contributed by atoms with Crippen molar-refractivity contribution in [2.45, 2.75) is 18.1 Å². The maximum Gasteiger partial charge on any atom is 0.283 e. The number of nitrogens with zero attached hydrogens (tertiary/aromatic N) is 2. The predicted molar refractivity (Wildman–Crippen MR) is 65.3 cm³/mol. The number of halogens is 3. The lowest BCUT2D eigenvalue weighted by atomic mass is 9.85. The van der Waals surface area contributed by atoms with Gasteiger partial charge in [0, 0.05) is 17.5 Å². The number of aliphatic imine (C=N–C) groups is 1. The third-order valence-corrected chi connectivity index (χ3v) is 3.82. The molecule has 0 radical (unpaired) electrons. The number of benzene rings is 1. The van der Waals surface area contributed by atoms with E-state index in [1.165, 1.54) is 0 Å². The van der Waals surface area contributed by atoms with Crippen LogP contribution in [0.25, 0.3) is 0 Å². The van der Waals surface area contributed by atoms with Gasteiger partial charge in [0.2, 0.25) is 0 Å². The van der Waals surface area contributed by atoms with Gasteiger partial charge in [-0.1, -0.05) is 0 Å². The van der Waals surface area contributed by atoms with Crippen molar-refractivity contribution in [3.8, 4) is 0 Å². The quantitative estimate of drug-likeness (QED) is 0.680. The van der Waals surface area contributed by atoms with Crippen molar-refractivity contribution in [1.82, 2.24) is 0 Å². The average Bonchev–Trinajstić information content (AvgIpc) is 3.19. The van der Waals surface area contributed by atoms with Crippen LogP contribution in [0, 0.1) is 27.7 Å². The molecular formula is C12H10F3N3O3. The van der Waals surface area contributed by atoms with E-state index >= 15 is 0 Å². The molecule has 0 bridgehead atoms. The molecule has 3 unspecified atom stereocenters. The Morgan fingerprint density at radius 3 is 2.86 bits per heavy atom. The molecule has 9 heteroatoms. The number of nitrogens with two attached hydrogens (primary N) is 1. The Hall–Kier alpha value is -2.32. The van der Waals surface area contributed by atoms with Crippen LogP contribution < -0.4 is 5.73 Å². The van der Waals surface area contributed by atoms with Gasteiger partial charge in [0.15, 0.2) is 11.6 Å². The van der Waals surface area contributed by atoms with E-state index in [-0.39, 0.29) is 6.02 Å². The number of rotatable bonds is 3. The monoisotopic (exact) mass is 301 g/mol. The van der Waals surface area contributed by atoms with E-state index in [0.29, 0.717) is 12.5 Å². The average molecular weight is 301 g/mol. The lowest BCUT2D eigenvalue weighted by molar-refractivity contribution is -0.385. The van der Waals surface area contributed by atoms with Crippen molar-refractivity contribution in [2.24, 2.45) is 16.6 Å². The molecule has 0 aromatic heterocycles. The van der Waals surface area contributed by atoms with Gasteiger partial charge in [0.05, 0.1) is 11.0 Å². The van der Waals surface area contributed by atoms with Gasteiger partial charge in [0.25, 0.3) is 11.7 Å². The first-order valence-corrected chi connectivity index (χ1v) is 6.11. The van der Waals surface area contributed by atoms with Gasteiger partial charge in [0.1, 0.15) is 18.3 Å². The van der Waals surface area contributed by atoms with Gasteiger partial charge in [-0.25, -0.2) is 18.2 Å². The van der Waals surface area contributed by atoms with Crippen molar-refractivity contribution >= 4 is 11.7 Å². The van der Waals surface area contributed by atoms with E-state index in [4.69, 9.17) is 10.5 Å². The Morgan fingerprint density at radius 2 is 2.24 bits per heavy atom. The van der Waals surface area contributed by atoms with Crippen LogP contribution in [-0.2, 0) is 10.3 Å². The number of non-ortho nitro benzene ring substituents is 1. The number of nitro groups is 1. The maximum absolute atomic E-state index is 14.1. The van der Waals surface area contributed by atoms with Gasteiger partial charge >= 0.3 is 0 Å². The summed E-state index contributed by atoms with van der Waals surface area (Å²) in [6, 6.07) is 0.912. The minimum absolute atomic E-state index is 0.335. The van der Waals surface area contributed by atoms with Crippen LogP contribution in [0.15, 0.2) is 17.1 Å². The maximum atomic E-state index is 14.1. The van der Waals surface area contributed by atoms with Crippen molar-refractivity contribution in [2.75, 3.05) is 6.67 Å². The molecule has 1 fully saturated rings. The van der Waals surface area contributed by atoms with E-state index in [9.17, 15) is 23.3 Å². The summed E-state index contributed by atoms with van der Waals surface area (Å²) in [6.07, 6.45) is -0.0577. The van der Waals surface area contributed by atoms with E-state index in [2.05, 4.69) is 4.99 Å². The van der Waals surface area contributed by atoms with Crippen LogP contribution in [0.5, 0.6) is 0 Å². The predicted octanol–water partition coefficient (Wildman–Crippen LogP) is 1.77. The summed E-state index contributed by atoms with van der Waals surface area (Å²) in [7, 11) is 0. The third kappa shape index (κ3) is 1.91. The zero-order valence-corrected chi connectivity index (χ0v) is 10.6. The summed E-state index contributed by atoms with van der Waals surface area (Å²) >= 11 is 0. The zero-order chi connectivity index (χ0) is 15.4. The van der Waals surface area contributed by atoms with Gasteiger partial charge < -0.3 is 10.5 Å². The summed E-state index contributed by atoms with van der Waals surface area (Å²) < 4.78 is 46.4. The van der Waals surface area contributed by atoms with E-state index in [1.807, 2.05) is 0 Å². The largest absolute Gasteiger partial charge is 0.462 e. The van der Waals surface area contributed by atoms with Gasteiger partial charge in [-0.15, -0.1) is 0 Å². The molecule has 1 aromatic carbocycles. The Morgan fingerprint density at radius 1 is 1.52 bits per heavy atom. The second-order valence-corrected chi connectivity index (χ2v) is 5.05. The second-order valence-electron chi connectivity index (χ2n) is 5.05. The van der Waals surface area contributed by atoms with Crippen LogP contribution in [0.3, 0.4) is 0 Å². The number of amidine groups is 1. The highest BCUT2D eigenvalue weighted by atomic mass is 19.2. The number of fused-ring (bicyclic) bond motifs is 1. The van der Waals surface area contributed by atoms with Gasteiger partial charge in [-0.3, -0.25) is 10.1 Å². The molecule has 1 saturated carbocycles. The topological polar surface area (TPSA) is 90.8 Å². The Kier molecular flexibility index (Phi) is 2.82. The summed E-state index contributed by atoms with van der Waals surface area (Å²) in [5, 5.41) is 10.8. The molecule has 6 nitrogen and oxygen atoms in total. The van der Waals surface area contributed by atoms with Crippen LogP contribution in [0.2, 0.25) is 0 Å². The molecule has 2 aliphatic rings. The molecule has 21 heavy (non-hydrogen) atoms. The van der Waals surface area contributed by atoms with Crippen molar-refractivity contribution in [3.63, 3.8) is 0 Å². The molecule has 1 heterocycles. The number of hydrogen-bond donors (Lipinski definition) is 1. The molecule has 3 atom stereocenters. The Bertz CT molecular complexity index is 667. The highest BCUT2D eigenvalue weighted by Gasteiger charge is 2.60. The standard InChI is InChI=1S/C12H10F3N3O3/c13-4-12(6-3-9(6)21-11(16)17-12)7-1-5(18(19)20)2-8(14)10(7)15/h1-2,6,9H,3-4H2,(H2,16,17).